The number of ketones is 1. The van der Waals surface area contributed by atoms with Crippen LogP contribution < -0.4 is 0 Å². The average Bonchev–Trinajstić information content (AvgIpc) is 2.33. The molecule has 0 atom stereocenters. The van der Waals surface area contributed by atoms with E-state index in [1.54, 1.807) is 25.1 Å². The van der Waals surface area contributed by atoms with Crippen molar-refractivity contribution in [1.29, 1.82) is 0 Å². The van der Waals surface area contributed by atoms with Gasteiger partial charge in [-0.1, -0.05) is 29.8 Å². The predicted molar refractivity (Wildman–Crippen MR) is 65.7 cm³/mol. The molecule has 0 aliphatic carbocycles. The molecule has 0 spiro atoms. The summed E-state index contributed by atoms with van der Waals surface area (Å²) in [4.78, 5) is 12.1. The monoisotopic (exact) mass is 228 g/mol. The van der Waals surface area contributed by atoms with Gasteiger partial charge in [0, 0.05) is 11.1 Å². The molecule has 17 heavy (non-hydrogen) atoms. The first kappa shape index (κ1) is 11.5. The SMILES string of the molecule is Cc1ccc(C(=O)c2ccc(F)c(C)c2)cc1. The molecule has 2 rings (SSSR count). The Bertz CT molecular complexity index is 556. The Morgan fingerprint density at radius 3 is 2.12 bits per heavy atom. The molecule has 0 bridgehead atoms. The van der Waals surface area contributed by atoms with Gasteiger partial charge in [0.15, 0.2) is 5.78 Å². The van der Waals surface area contributed by atoms with Crippen LogP contribution >= 0.6 is 0 Å². The van der Waals surface area contributed by atoms with Crippen LogP contribution in [0.25, 0.3) is 0 Å². The van der Waals surface area contributed by atoms with Gasteiger partial charge in [-0.25, -0.2) is 4.39 Å². The van der Waals surface area contributed by atoms with E-state index in [9.17, 15) is 9.18 Å². The molecular formula is C15H13FO. The van der Waals surface area contributed by atoms with Crippen LogP contribution in [0.2, 0.25) is 0 Å². The molecule has 0 fully saturated rings. The Labute approximate surface area is 99.9 Å². The zero-order valence-corrected chi connectivity index (χ0v) is 9.83. The van der Waals surface area contributed by atoms with Crippen molar-refractivity contribution in [3.63, 3.8) is 0 Å². The zero-order valence-electron chi connectivity index (χ0n) is 9.83. The lowest BCUT2D eigenvalue weighted by atomic mass is 10.0. The van der Waals surface area contributed by atoms with E-state index in [0.29, 0.717) is 16.7 Å². The Morgan fingerprint density at radius 1 is 0.941 bits per heavy atom. The molecule has 0 radical (unpaired) electrons. The number of benzene rings is 2. The highest BCUT2D eigenvalue weighted by Gasteiger charge is 2.10. The summed E-state index contributed by atoms with van der Waals surface area (Å²) in [6.07, 6.45) is 0. The Morgan fingerprint density at radius 2 is 1.53 bits per heavy atom. The van der Waals surface area contributed by atoms with Crippen LogP contribution in [0, 0.1) is 19.7 Å². The highest BCUT2D eigenvalue weighted by atomic mass is 19.1. The summed E-state index contributed by atoms with van der Waals surface area (Å²) in [6, 6.07) is 11.8. The quantitative estimate of drug-likeness (QED) is 0.717. The molecule has 0 N–H and O–H groups in total. The van der Waals surface area contributed by atoms with Gasteiger partial charge >= 0.3 is 0 Å². The van der Waals surface area contributed by atoms with Crippen LogP contribution in [0.15, 0.2) is 42.5 Å². The fourth-order valence-corrected chi connectivity index (χ4v) is 1.66. The van der Waals surface area contributed by atoms with Gasteiger partial charge in [0.2, 0.25) is 0 Å². The fourth-order valence-electron chi connectivity index (χ4n) is 1.66. The molecule has 0 unspecified atom stereocenters. The minimum Gasteiger partial charge on any atom is -0.289 e. The Kier molecular flexibility index (Phi) is 3.05. The van der Waals surface area contributed by atoms with Crippen molar-refractivity contribution in [3.05, 3.63) is 70.5 Å². The van der Waals surface area contributed by atoms with Crippen molar-refractivity contribution in [3.8, 4) is 0 Å². The van der Waals surface area contributed by atoms with Crippen molar-refractivity contribution in [1.82, 2.24) is 0 Å². The highest BCUT2D eigenvalue weighted by molar-refractivity contribution is 6.09. The maximum atomic E-state index is 13.1. The van der Waals surface area contributed by atoms with Crippen LogP contribution in [0.4, 0.5) is 4.39 Å². The lowest BCUT2D eigenvalue weighted by molar-refractivity contribution is 0.103. The molecule has 0 saturated carbocycles. The van der Waals surface area contributed by atoms with Gasteiger partial charge in [-0.3, -0.25) is 4.79 Å². The molecule has 0 aliphatic rings. The first-order valence-electron chi connectivity index (χ1n) is 5.45. The summed E-state index contributed by atoms with van der Waals surface area (Å²) in [5, 5.41) is 0. The fraction of sp³-hybridized carbons (Fsp3) is 0.133. The van der Waals surface area contributed by atoms with Crippen molar-refractivity contribution in [2.75, 3.05) is 0 Å². The average molecular weight is 228 g/mol. The van der Waals surface area contributed by atoms with Crippen molar-refractivity contribution >= 4 is 5.78 Å². The summed E-state index contributed by atoms with van der Waals surface area (Å²) in [5.74, 6) is -0.362. The third-order valence-electron chi connectivity index (χ3n) is 2.73. The largest absolute Gasteiger partial charge is 0.289 e. The Hall–Kier alpha value is -1.96. The number of carbonyl (C=O) groups is 1. The second-order valence-corrected chi connectivity index (χ2v) is 4.16. The lowest BCUT2D eigenvalue weighted by Gasteiger charge is -2.03. The molecule has 0 aliphatic heterocycles. The van der Waals surface area contributed by atoms with E-state index in [4.69, 9.17) is 0 Å². The number of halogens is 1. The summed E-state index contributed by atoms with van der Waals surface area (Å²) < 4.78 is 13.1. The first-order chi connectivity index (χ1) is 8.08. The number of hydrogen-bond acceptors (Lipinski definition) is 1. The second-order valence-electron chi connectivity index (χ2n) is 4.16. The topological polar surface area (TPSA) is 17.1 Å². The smallest absolute Gasteiger partial charge is 0.193 e. The van der Waals surface area contributed by atoms with Crippen LogP contribution in [-0.2, 0) is 0 Å². The molecular weight excluding hydrogens is 215 g/mol. The van der Waals surface area contributed by atoms with E-state index in [1.807, 2.05) is 19.1 Å². The minimum atomic E-state index is -0.287. The number of hydrogen-bond donors (Lipinski definition) is 0. The van der Waals surface area contributed by atoms with Gasteiger partial charge in [0.05, 0.1) is 0 Å². The van der Waals surface area contributed by atoms with Crippen molar-refractivity contribution < 1.29 is 9.18 Å². The van der Waals surface area contributed by atoms with Crippen LogP contribution in [0.3, 0.4) is 0 Å². The highest BCUT2D eigenvalue weighted by Crippen LogP contribution is 2.14. The summed E-state index contributed by atoms with van der Waals surface area (Å²) >= 11 is 0. The summed E-state index contributed by atoms with van der Waals surface area (Å²) in [6.45, 7) is 3.62. The third-order valence-corrected chi connectivity index (χ3v) is 2.73. The van der Waals surface area contributed by atoms with Gasteiger partial charge in [-0.2, -0.15) is 0 Å². The number of aryl methyl sites for hydroxylation is 2. The molecule has 86 valence electrons. The van der Waals surface area contributed by atoms with Crippen LogP contribution in [0.5, 0.6) is 0 Å². The minimum absolute atomic E-state index is 0.0758. The predicted octanol–water partition coefficient (Wildman–Crippen LogP) is 3.67. The maximum Gasteiger partial charge on any atom is 0.193 e. The van der Waals surface area contributed by atoms with Crippen LogP contribution in [0.1, 0.15) is 27.0 Å². The normalized spacial score (nSPS) is 10.3. The summed E-state index contributed by atoms with van der Waals surface area (Å²) in [7, 11) is 0. The van der Waals surface area contributed by atoms with Gasteiger partial charge < -0.3 is 0 Å². The molecule has 1 nitrogen and oxygen atoms in total. The molecule has 2 aromatic carbocycles. The van der Waals surface area contributed by atoms with Gasteiger partial charge in [0.1, 0.15) is 5.82 Å². The Balaban J connectivity index is 2.37. The first-order valence-corrected chi connectivity index (χ1v) is 5.45. The van der Waals surface area contributed by atoms with E-state index < -0.39 is 0 Å². The van der Waals surface area contributed by atoms with Crippen molar-refractivity contribution in [2.45, 2.75) is 13.8 Å². The summed E-state index contributed by atoms with van der Waals surface area (Å²) in [5.41, 5.74) is 2.74. The van der Waals surface area contributed by atoms with E-state index in [-0.39, 0.29) is 11.6 Å². The van der Waals surface area contributed by atoms with Gasteiger partial charge in [-0.05, 0) is 37.6 Å². The second kappa shape index (κ2) is 4.50. The van der Waals surface area contributed by atoms with Crippen molar-refractivity contribution in [2.24, 2.45) is 0 Å². The van der Waals surface area contributed by atoms with E-state index in [1.165, 1.54) is 12.1 Å². The van der Waals surface area contributed by atoms with Gasteiger partial charge in [0.25, 0.3) is 0 Å². The van der Waals surface area contributed by atoms with Crippen LogP contribution in [-0.4, -0.2) is 5.78 Å². The zero-order chi connectivity index (χ0) is 12.4. The number of rotatable bonds is 2. The lowest BCUT2D eigenvalue weighted by Crippen LogP contribution is -2.02. The third kappa shape index (κ3) is 2.41. The molecule has 2 aromatic rings. The van der Waals surface area contributed by atoms with E-state index in [2.05, 4.69) is 0 Å². The molecule has 0 amide bonds. The number of carbonyl (C=O) groups excluding carboxylic acids is 1. The molecule has 0 saturated heterocycles. The molecule has 0 heterocycles. The van der Waals surface area contributed by atoms with E-state index in [0.717, 1.165) is 5.56 Å². The molecule has 2 heteroatoms. The maximum absolute atomic E-state index is 13.1. The van der Waals surface area contributed by atoms with Gasteiger partial charge in [-0.15, -0.1) is 0 Å². The molecule has 0 aromatic heterocycles. The van der Waals surface area contributed by atoms with E-state index >= 15 is 0 Å². The standard InChI is InChI=1S/C15H13FO/c1-10-3-5-12(6-4-10)15(17)13-7-8-14(16)11(2)9-13/h3-9H,1-2H3.